The Morgan fingerprint density at radius 1 is 1.35 bits per heavy atom. The summed E-state index contributed by atoms with van der Waals surface area (Å²) in [4.78, 5) is 0. The van der Waals surface area contributed by atoms with E-state index >= 15 is 0 Å². The second-order valence-electron chi connectivity index (χ2n) is 3.89. The van der Waals surface area contributed by atoms with Crippen LogP contribution in [0.15, 0.2) is 24.3 Å². The molecule has 0 spiro atoms. The van der Waals surface area contributed by atoms with E-state index in [2.05, 4.69) is 10.0 Å². The average Bonchev–Trinajstić information content (AvgIpc) is 2.29. The molecule has 0 bridgehead atoms. The Labute approximate surface area is 107 Å². The molecule has 0 aliphatic rings. The summed E-state index contributed by atoms with van der Waals surface area (Å²) in [7, 11) is -1.55. The van der Waals surface area contributed by atoms with Crippen molar-refractivity contribution in [2.45, 2.75) is 18.7 Å². The average molecular weight is 277 g/mol. The van der Waals surface area contributed by atoms with Gasteiger partial charge in [-0.1, -0.05) is 29.8 Å². The van der Waals surface area contributed by atoms with Gasteiger partial charge in [0.2, 0.25) is 10.0 Å². The van der Waals surface area contributed by atoms with Crippen LogP contribution >= 0.6 is 11.6 Å². The van der Waals surface area contributed by atoms with Gasteiger partial charge in [-0.15, -0.1) is 0 Å². The number of likely N-dealkylation sites (N-methyl/N-ethyl adjacent to an activating group) is 1. The molecule has 4 nitrogen and oxygen atoms in total. The summed E-state index contributed by atoms with van der Waals surface area (Å²) in [6.07, 6.45) is 0. The molecule has 1 aromatic carbocycles. The molecule has 6 heteroatoms. The summed E-state index contributed by atoms with van der Waals surface area (Å²) in [5.41, 5.74) is 0.610. The van der Waals surface area contributed by atoms with Gasteiger partial charge >= 0.3 is 0 Å². The quantitative estimate of drug-likeness (QED) is 0.825. The first-order valence-corrected chi connectivity index (χ1v) is 7.35. The Balaban J connectivity index is 2.64. The van der Waals surface area contributed by atoms with Gasteiger partial charge in [0, 0.05) is 17.6 Å². The van der Waals surface area contributed by atoms with E-state index in [9.17, 15) is 8.42 Å². The van der Waals surface area contributed by atoms with Gasteiger partial charge in [0.05, 0.1) is 5.75 Å². The molecule has 0 aliphatic carbocycles. The Morgan fingerprint density at radius 3 is 2.59 bits per heavy atom. The molecule has 0 fully saturated rings. The lowest BCUT2D eigenvalue weighted by Crippen LogP contribution is -2.37. The fourth-order valence-electron chi connectivity index (χ4n) is 1.23. The molecule has 96 valence electrons. The van der Waals surface area contributed by atoms with Crippen LogP contribution in [0.3, 0.4) is 0 Å². The van der Waals surface area contributed by atoms with E-state index in [0.29, 0.717) is 17.1 Å². The maximum Gasteiger partial charge on any atom is 0.215 e. The van der Waals surface area contributed by atoms with Crippen LogP contribution in [-0.2, 0) is 15.8 Å². The van der Waals surface area contributed by atoms with Crippen LogP contribution in [0.4, 0.5) is 0 Å². The molecule has 0 saturated carbocycles. The molecule has 0 aliphatic heterocycles. The Hall–Kier alpha value is -0.620. The molecular weight excluding hydrogens is 260 g/mol. The standard InChI is InChI=1S/C11H17ClN2O2S/c1-9(13-2)7-14-17(15,16)8-10-5-3-4-6-11(10)12/h3-6,9,13-14H,7-8H2,1-2H3. The van der Waals surface area contributed by atoms with Crippen LogP contribution in [0.1, 0.15) is 12.5 Å². The lowest BCUT2D eigenvalue weighted by molar-refractivity contribution is 0.553. The highest BCUT2D eigenvalue weighted by Gasteiger charge is 2.14. The second-order valence-corrected chi connectivity index (χ2v) is 6.10. The summed E-state index contributed by atoms with van der Waals surface area (Å²) in [6.45, 7) is 2.27. The zero-order valence-electron chi connectivity index (χ0n) is 9.90. The molecule has 0 saturated heterocycles. The Bertz CT molecular complexity index is 462. The highest BCUT2D eigenvalue weighted by atomic mass is 35.5. The van der Waals surface area contributed by atoms with Crippen molar-refractivity contribution in [3.63, 3.8) is 0 Å². The van der Waals surface area contributed by atoms with Crippen LogP contribution in [0.25, 0.3) is 0 Å². The molecule has 0 radical (unpaired) electrons. The number of benzene rings is 1. The third-order valence-electron chi connectivity index (χ3n) is 2.41. The minimum Gasteiger partial charge on any atom is -0.316 e. The summed E-state index contributed by atoms with van der Waals surface area (Å²) in [5, 5.41) is 3.43. The number of rotatable bonds is 6. The maximum atomic E-state index is 11.8. The van der Waals surface area contributed by atoms with Gasteiger partial charge in [-0.2, -0.15) is 0 Å². The van der Waals surface area contributed by atoms with Crippen molar-refractivity contribution in [1.82, 2.24) is 10.0 Å². The number of nitrogens with one attached hydrogen (secondary N) is 2. The zero-order chi connectivity index (χ0) is 12.9. The van der Waals surface area contributed by atoms with E-state index in [4.69, 9.17) is 11.6 Å². The van der Waals surface area contributed by atoms with Gasteiger partial charge in [-0.3, -0.25) is 0 Å². The number of hydrogen-bond acceptors (Lipinski definition) is 3. The molecule has 17 heavy (non-hydrogen) atoms. The van der Waals surface area contributed by atoms with Gasteiger partial charge in [-0.05, 0) is 25.6 Å². The molecule has 1 aromatic rings. The van der Waals surface area contributed by atoms with E-state index in [0.717, 1.165) is 0 Å². The van der Waals surface area contributed by atoms with E-state index in [1.807, 2.05) is 6.92 Å². The van der Waals surface area contributed by atoms with E-state index in [1.54, 1.807) is 31.3 Å². The SMILES string of the molecule is CNC(C)CNS(=O)(=O)Cc1ccccc1Cl. The third-order valence-corrected chi connectivity index (χ3v) is 4.07. The predicted molar refractivity (Wildman–Crippen MR) is 70.6 cm³/mol. The van der Waals surface area contributed by atoms with Gasteiger partial charge in [0.25, 0.3) is 0 Å². The van der Waals surface area contributed by atoms with Gasteiger partial charge < -0.3 is 5.32 Å². The van der Waals surface area contributed by atoms with Crippen LogP contribution < -0.4 is 10.0 Å². The topological polar surface area (TPSA) is 58.2 Å². The highest BCUT2D eigenvalue weighted by Crippen LogP contribution is 2.16. The minimum absolute atomic E-state index is 0.0935. The number of hydrogen-bond donors (Lipinski definition) is 2. The van der Waals surface area contributed by atoms with Crippen molar-refractivity contribution in [2.24, 2.45) is 0 Å². The predicted octanol–water partition coefficient (Wildman–Crippen LogP) is 1.37. The molecule has 0 amide bonds. The van der Waals surface area contributed by atoms with Crippen LogP contribution in [0.5, 0.6) is 0 Å². The fourth-order valence-corrected chi connectivity index (χ4v) is 2.77. The van der Waals surface area contributed by atoms with Crippen molar-refractivity contribution in [1.29, 1.82) is 0 Å². The first kappa shape index (κ1) is 14.4. The van der Waals surface area contributed by atoms with Crippen LogP contribution in [-0.4, -0.2) is 28.1 Å². The fraction of sp³-hybridized carbons (Fsp3) is 0.455. The summed E-state index contributed by atoms with van der Waals surface area (Å²) >= 11 is 5.92. The minimum atomic E-state index is -3.34. The normalized spacial score (nSPS) is 13.6. The first-order chi connectivity index (χ1) is 7.94. The molecule has 0 heterocycles. The van der Waals surface area contributed by atoms with Crippen molar-refractivity contribution in [3.05, 3.63) is 34.9 Å². The van der Waals surface area contributed by atoms with E-state index < -0.39 is 10.0 Å². The zero-order valence-corrected chi connectivity index (χ0v) is 11.5. The van der Waals surface area contributed by atoms with Crippen molar-refractivity contribution in [3.8, 4) is 0 Å². The molecule has 0 aromatic heterocycles. The molecule has 1 atom stereocenters. The van der Waals surface area contributed by atoms with Crippen LogP contribution in [0.2, 0.25) is 5.02 Å². The van der Waals surface area contributed by atoms with E-state index in [1.165, 1.54) is 0 Å². The number of sulfonamides is 1. The van der Waals surface area contributed by atoms with Crippen molar-refractivity contribution >= 4 is 21.6 Å². The Kier molecular flexibility index (Phi) is 5.39. The molecule has 1 rings (SSSR count). The van der Waals surface area contributed by atoms with Crippen molar-refractivity contribution in [2.75, 3.05) is 13.6 Å². The summed E-state index contributed by atoms with van der Waals surface area (Å²) in [5.74, 6) is -0.0941. The summed E-state index contributed by atoms with van der Waals surface area (Å²) in [6, 6.07) is 7.03. The largest absolute Gasteiger partial charge is 0.316 e. The molecule has 1 unspecified atom stereocenters. The highest BCUT2D eigenvalue weighted by molar-refractivity contribution is 7.88. The lowest BCUT2D eigenvalue weighted by Gasteiger charge is -2.12. The smallest absolute Gasteiger partial charge is 0.215 e. The van der Waals surface area contributed by atoms with Crippen molar-refractivity contribution < 1.29 is 8.42 Å². The Morgan fingerprint density at radius 2 is 2.00 bits per heavy atom. The molecular formula is C11H17ClN2O2S. The first-order valence-electron chi connectivity index (χ1n) is 5.32. The summed E-state index contributed by atoms with van der Waals surface area (Å²) < 4.78 is 26.1. The van der Waals surface area contributed by atoms with Gasteiger partial charge in [0.1, 0.15) is 0 Å². The van der Waals surface area contributed by atoms with Crippen LogP contribution in [0, 0.1) is 0 Å². The van der Waals surface area contributed by atoms with Gasteiger partial charge in [-0.25, -0.2) is 13.1 Å². The lowest BCUT2D eigenvalue weighted by atomic mass is 10.2. The monoisotopic (exact) mass is 276 g/mol. The van der Waals surface area contributed by atoms with Gasteiger partial charge in [0.15, 0.2) is 0 Å². The maximum absolute atomic E-state index is 11.8. The third kappa shape index (κ3) is 5.04. The molecule has 2 N–H and O–H groups in total. The second kappa shape index (κ2) is 6.35. The van der Waals surface area contributed by atoms with E-state index in [-0.39, 0.29) is 11.8 Å². The number of halogens is 1.